The molecule has 3 saturated heterocycles. The number of phenols is 3. The lowest BCUT2D eigenvalue weighted by atomic mass is 9.97. The van der Waals surface area contributed by atoms with E-state index in [-0.39, 0.29) is 39.9 Å². The second-order valence-corrected chi connectivity index (χ2v) is 15.9. The molecule has 7 rings (SSSR count). The van der Waals surface area contributed by atoms with E-state index < -0.39 is 152 Å². The standard InChI is InChI=1S/C44H50O25/c1-60-22-9-16(10-23(61-2)29(22)51)3-8-27(50)67-40-35(57)31(53)25(14-46)65-43(40)69-41-36(58)32(54)26(15-47)66-44(41)68-39-33(55)28-20(49)11-19(62-42-37(59)34(56)30(52)24(13-45)64-42)12-21(28)63-38(39)17-4-6-18(48)7-5-17/h3-12,24-26,30-32,34-37,40-49,51-54,56-59H,13-15H2,1-2H3/t24-,25-,26-,30-,31-,32-,34+,35+,36+,37-,40-,41-,42-,43+,44+/m1/s1. The maximum absolute atomic E-state index is 14.5. The highest BCUT2D eigenvalue weighted by Crippen LogP contribution is 2.40. The molecule has 3 fully saturated rings. The SMILES string of the molecule is COc1cc(C=CC(=O)O[C@H]2[C@H](O[C@H]3[C@H](Oc4c(-c5ccc(O)cc5)oc5cc(O[C@@H]6O[C@H](CO)[C@@H](O)[C@H](O)[C@H]6O)cc(O)c5c4=O)O[C@H](CO)[C@@H](O)[C@@H]3O)O[C@H](CO)[C@@H](O)[C@@H]2O)cc(OC)c1O. The number of aliphatic hydroxyl groups excluding tert-OH is 10. The van der Waals surface area contributed by atoms with Crippen LogP contribution < -0.4 is 24.4 Å². The van der Waals surface area contributed by atoms with Gasteiger partial charge < -0.3 is 113 Å². The molecule has 0 amide bonds. The molecule has 25 nitrogen and oxygen atoms in total. The van der Waals surface area contributed by atoms with E-state index in [9.17, 15) is 76.0 Å². The van der Waals surface area contributed by atoms with E-state index >= 15 is 0 Å². The van der Waals surface area contributed by atoms with Crippen LogP contribution in [0, 0.1) is 0 Å². The average Bonchev–Trinajstić information content (AvgIpc) is 3.33. The molecule has 4 heterocycles. The predicted octanol–water partition coefficient (Wildman–Crippen LogP) is -2.96. The van der Waals surface area contributed by atoms with E-state index in [1.54, 1.807) is 0 Å². The molecule has 1 aromatic heterocycles. The van der Waals surface area contributed by atoms with Gasteiger partial charge in [-0.2, -0.15) is 0 Å². The fraction of sp³-hybridized carbons (Fsp3) is 0.455. The van der Waals surface area contributed by atoms with E-state index in [0.29, 0.717) is 0 Å². The van der Waals surface area contributed by atoms with Crippen LogP contribution in [0.2, 0.25) is 0 Å². The summed E-state index contributed by atoms with van der Waals surface area (Å²) < 4.78 is 56.5. The summed E-state index contributed by atoms with van der Waals surface area (Å²) in [6.07, 6.45) is -25.9. The van der Waals surface area contributed by atoms with E-state index in [1.807, 2.05) is 0 Å². The van der Waals surface area contributed by atoms with Gasteiger partial charge in [-0.3, -0.25) is 4.79 Å². The highest BCUT2D eigenvalue weighted by atomic mass is 16.8. The van der Waals surface area contributed by atoms with Crippen molar-refractivity contribution in [2.75, 3.05) is 34.0 Å². The maximum atomic E-state index is 14.5. The zero-order valence-electron chi connectivity index (χ0n) is 36.3. The van der Waals surface area contributed by atoms with Crippen molar-refractivity contribution in [1.29, 1.82) is 0 Å². The first-order chi connectivity index (χ1) is 32.9. The van der Waals surface area contributed by atoms with Gasteiger partial charge in [0, 0.05) is 23.8 Å². The Bertz CT molecular complexity index is 2490. The fourth-order valence-electron chi connectivity index (χ4n) is 7.74. The highest BCUT2D eigenvalue weighted by Gasteiger charge is 2.53. The molecule has 69 heavy (non-hydrogen) atoms. The number of aliphatic hydroxyl groups is 10. The smallest absolute Gasteiger partial charge is 0.331 e. The number of benzene rings is 3. The molecule has 3 aliphatic rings. The Morgan fingerprint density at radius 3 is 1.78 bits per heavy atom. The number of phenolic OH excluding ortho intramolecular Hbond substituents is 3. The maximum Gasteiger partial charge on any atom is 0.331 e. The Morgan fingerprint density at radius 2 is 1.20 bits per heavy atom. The molecule has 4 aromatic rings. The first kappa shape index (κ1) is 51.0. The second-order valence-electron chi connectivity index (χ2n) is 15.9. The Morgan fingerprint density at radius 1 is 0.652 bits per heavy atom. The molecular formula is C44H50O25. The monoisotopic (exact) mass is 978 g/mol. The van der Waals surface area contributed by atoms with E-state index in [4.69, 9.17) is 47.0 Å². The minimum Gasteiger partial charge on any atom is -0.508 e. The van der Waals surface area contributed by atoms with E-state index in [2.05, 4.69) is 0 Å². The normalized spacial score (nSPS) is 31.6. The zero-order valence-corrected chi connectivity index (χ0v) is 36.3. The van der Waals surface area contributed by atoms with Gasteiger partial charge in [-0.15, -0.1) is 0 Å². The molecular weight excluding hydrogens is 928 g/mol. The summed E-state index contributed by atoms with van der Waals surface area (Å²) in [5, 5.41) is 136. The molecule has 0 aliphatic carbocycles. The first-order valence-corrected chi connectivity index (χ1v) is 20.9. The Kier molecular flexibility index (Phi) is 15.8. The number of hydrogen-bond acceptors (Lipinski definition) is 25. The number of ether oxygens (including phenoxy) is 9. The third kappa shape index (κ3) is 10.4. The topological polar surface area (TPSA) is 393 Å². The lowest BCUT2D eigenvalue weighted by Gasteiger charge is -2.46. The molecule has 13 N–H and O–H groups in total. The van der Waals surface area contributed by atoms with Gasteiger partial charge in [0.2, 0.25) is 29.5 Å². The van der Waals surface area contributed by atoms with Crippen molar-refractivity contribution < 1.29 is 118 Å². The summed E-state index contributed by atoms with van der Waals surface area (Å²) in [7, 11) is 2.56. The van der Waals surface area contributed by atoms with Crippen molar-refractivity contribution in [3.05, 3.63) is 70.4 Å². The van der Waals surface area contributed by atoms with Crippen LogP contribution in [0.1, 0.15) is 5.56 Å². The minimum absolute atomic E-state index is 0.0110. The third-order valence-electron chi connectivity index (χ3n) is 11.5. The number of carbonyl (C=O) groups excluding carboxylic acids is 1. The molecule has 0 spiro atoms. The van der Waals surface area contributed by atoms with Crippen molar-refractivity contribution in [2.45, 2.75) is 92.1 Å². The lowest BCUT2D eigenvalue weighted by Crippen LogP contribution is -2.65. The summed E-state index contributed by atoms with van der Waals surface area (Å²) in [5.41, 5.74) is -1.26. The van der Waals surface area contributed by atoms with Crippen LogP contribution in [0.3, 0.4) is 0 Å². The van der Waals surface area contributed by atoms with E-state index in [0.717, 1.165) is 18.2 Å². The number of carbonyl (C=O) groups is 1. The van der Waals surface area contributed by atoms with Crippen LogP contribution in [-0.2, 0) is 28.5 Å². The molecule has 3 aromatic carbocycles. The Hall–Kier alpha value is -5.88. The average molecular weight is 979 g/mol. The summed E-state index contributed by atoms with van der Waals surface area (Å²) in [6, 6.07) is 9.64. The molecule has 0 radical (unpaired) electrons. The predicted molar refractivity (Wildman–Crippen MR) is 227 cm³/mol. The molecule has 376 valence electrons. The molecule has 25 heteroatoms. The Balaban J connectivity index is 1.24. The molecule has 0 bridgehead atoms. The molecule has 15 atom stereocenters. The van der Waals surface area contributed by atoms with Crippen molar-refractivity contribution in [3.8, 4) is 51.6 Å². The van der Waals surface area contributed by atoms with Crippen LogP contribution >= 0.6 is 0 Å². The van der Waals surface area contributed by atoms with Gasteiger partial charge in [-0.05, 0) is 48.0 Å². The molecule has 3 aliphatic heterocycles. The zero-order chi connectivity index (χ0) is 50.0. The minimum atomic E-state index is -2.13. The molecule has 0 unspecified atom stereocenters. The number of esters is 1. The first-order valence-electron chi connectivity index (χ1n) is 20.9. The van der Waals surface area contributed by atoms with Crippen molar-refractivity contribution >= 4 is 23.0 Å². The van der Waals surface area contributed by atoms with Crippen molar-refractivity contribution in [2.24, 2.45) is 0 Å². The van der Waals surface area contributed by atoms with Gasteiger partial charge in [0.1, 0.15) is 89.3 Å². The summed E-state index contributed by atoms with van der Waals surface area (Å²) in [6.45, 7) is -2.67. The van der Waals surface area contributed by atoms with Crippen molar-refractivity contribution in [1.82, 2.24) is 0 Å². The van der Waals surface area contributed by atoms with Gasteiger partial charge in [-0.1, -0.05) is 0 Å². The number of fused-ring (bicyclic) bond motifs is 1. The van der Waals surface area contributed by atoms with Gasteiger partial charge in [0.15, 0.2) is 35.8 Å². The van der Waals surface area contributed by atoms with Crippen LogP contribution in [0.4, 0.5) is 0 Å². The lowest BCUT2D eigenvalue weighted by molar-refractivity contribution is -0.358. The number of methoxy groups -OCH3 is 2. The fourth-order valence-corrected chi connectivity index (χ4v) is 7.74. The van der Waals surface area contributed by atoms with Gasteiger partial charge in [0.25, 0.3) is 0 Å². The molecule has 0 saturated carbocycles. The van der Waals surface area contributed by atoms with Gasteiger partial charge in [0.05, 0.1) is 34.0 Å². The van der Waals surface area contributed by atoms with Crippen LogP contribution in [-0.4, -0.2) is 199 Å². The quantitative estimate of drug-likeness (QED) is 0.0418. The van der Waals surface area contributed by atoms with E-state index in [1.165, 1.54) is 56.7 Å². The summed E-state index contributed by atoms with van der Waals surface area (Å²) in [4.78, 5) is 27.8. The van der Waals surface area contributed by atoms with Gasteiger partial charge >= 0.3 is 5.97 Å². The largest absolute Gasteiger partial charge is 0.508 e. The number of aromatic hydroxyl groups is 3. The number of rotatable bonds is 15. The summed E-state index contributed by atoms with van der Waals surface area (Å²) >= 11 is 0. The van der Waals surface area contributed by atoms with Crippen LogP contribution in [0.25, 0.3) is 28.4 Å². The van der Waals surface area contributed by atoms with Crippen LogP contribution in [0.5, 0.6) is 40.2 Å². The number of hydrogen-bond donors (Lipinski definition) is 13. The third-order valence-corrected chi connectivity index (χ3v) is 11.5. The van der Waals surface area contributed by atoms with Gasteiger partial charge in [-0.25, -0.2) is 4.79 Å². The Labute approximate surface area is 388 Å². The highest BCUT2D eigenvalue weighted by molar-refractivity contribution is 5.89. The van der Waals surface area contributed by atoms with Crippen LogP contribution in [0.15, 0.2) is 63.8 Å². The second kappa shape index (κ2) is 21.4. The summed E-state index contributed by atoms with van der Waals surface area (Å²) in [5.74, 6) is -4.14. The van der Waals surface area contributed by atoms with Crippen molar-refractivity contribution in [3.63, 3.8) is 0 Å².